The van der Waals surface area contributed by atoms with E-state index in [1.807, 2.05) is 0 Å². The summed E-state index contributed by atoms with van der Waals surface area (Å²) in [6.45, 7) is 1.60. The zero-order valence-electron chi connectivity index (χ0n) is 12.7. The summed E-state index contributed by atoms with van der Waals surface area (Å²) in [6.07, 6.45) is 1.30. The number of fused-ring (bicyclic) bond motifs is 1. The molecular weight excluding hydrogens is 300 g/mol. The molecule has 0 saturated heterocycles. The van der Waals surface area contributed by atoms with Gasteiger partial charge in [0.15, 0.2) is 11.9 Å². The molecule has 23 heavy (non-hydrogen) atoms. The third-order valence-corrected chi connectivity index (χ3v) is 4.33. The molecule has 2 amide bonds. The van der Waals surface area contributed by atoms with Crippen molar-refractivity contribution in [1.29, 1.82) is 0 Å². The molecule has 7 nitrogen and oxygen atoms in total. The quantitative estimate of drug-likeness (QED) is 0.781. The second-order valence-electron chi connectivity index (χ2n) is 5.89. The Kier molecular flexibility index (Phi) is 3.94. The van der Waals surface area contributed by atoms with Crippen LogP contribution in [0.2, 0.25) is 0 Å². The Morgan fingerprint density at radius 2 is 2.13 bits per heavy atom. The first-order valence-electron chi connectivity index (χ1n) is 7.61. The van der Waals surface area contributed by atoms with Crippen LogP contribution in [-0.2, 0) is 9.59 Å². The average molecular weight is 318 g/mol. The van der Waals surface area contributed by atoms with Crippen LogP contribution in [0.4, 0.5) is 5.69 Å². The van der Waals surface area contributed by atoms with Crippen molar-refractivity contribution >= 4 is 23.5 Å². The molecule has 1 aromatic rings. The normalized spacial score (nSPS) is 26.0. The minimum absolute atomic E-state index is 0.267. The van der Waals surface area contributed by atoms with E-state index >= 15 is 0 Å². The van der Waals surface area contributed by atoms with Gasteiger partial charge in [0, 0.05) is 6.04 Å². The lowest BCUT2D eigenvalue weighted by atomic mass is 10.0. The standard InChI is InChI=1S/C16H18N2O5/c1-8-14(19)18-12-7-3-5-10(13(12)23-8)15(20)17-11-6-2-4-9(11)16(21)22/h3,5,7-9,11H,2,4,6H2,1H3,(H,17,20)(H,18,19)(H,21,22)/t8?,9-,11+/m0/s1. The molecule has 1 aliphatic carbocycles. The molecule has 1 saturated carbocycles. The summed E-state index contributed by atoms with van der Waals surface area (Å²) >= 11 is 0. The van der Waals surface area contributed by atoms with E-state index in [-0.39, 0.29) is 17.9 Å². The number of carboxylic acid groups (broad SMARTS) is 1. The number of nitrogens with one attached hydrogen (secondary N) is 2. The van der Waals surface area contributed by atoms with E-state index in [0.29, 0.717) is 29.8 Å². The average Bonchev–Trinajstić information content (AvgIpc) is 2.96. The number of carboxylic acids is 1. The zero-order valence-corrected chi connectivity index (χ0v) is 12.7. The second-order valence-corrected chi connectivity index (χ2v) is 5.89. The highest BCUT2D eigenvalue weighted by molar-refractivity contribution is 6.04. The molecule has 1 aromatic carbocycles. The highest BCUT2D eigenvalue weighted by atomic mass is 16.5. The van der Waals surface area contributed by atoms with Crippen molar-refractivity contribution in [2.45, 2.75) is 38.3 Å². The lowest BCUT2D eigenvalue weighted by molar-refractivity contribution is -0.142. The van der Waals surface area contributed by atoms with Gasteiger partial charge in [0.1, 0.15) is 0 Å². The van der Waals surface area contributed by atoms with Crippen molar-refractivity contribution in [2.75, 3.05) is 5.32 Å². The molecule has 3 rings (SSSR count). The number of ether oxygens (including phenoxy) is 1. The van der Waals surface area contributed by atoms with Gasteiger partial charge in [-0.1, -0.05) is 12.5 Å². The van der Waals surface area contributed by atoms with Crippen LogP contribution in [0.5, 0.6) is 5.75 Å². The molecule has 122 valence electrons. The van der Waals surface area contributed by atoms with Gasteiger partial charge in [0.25, 0.3) is 11.8 Å². The Morgan fingerprint density at radius 3 is 2.87 bits per heavy atom. The van der Waals surface area contributed by atoms with Crippen molar-refractivity contribution in [3.63, 3.8) is 0 Å². The molecular formula is C16H18N2O5. The van der Waals surface area contributed by atoms with Gasteiger partial charge in [-0.25, -0.2) is 0 Å². The predicted molar refractivity (Wildman–Crippen MR) is 81.4 cm³/mol. The minimum Gasteiger partial charge on any atom is -0.481 e. The molecule has 2 aliphatic rings. The lowest BCUT2D eigenvalue weighted by Gasteiger charge is -2.25. The van der Waals surface area contributed by atoms with Crippen LogP contribution in [0, 0.1) is 5.92 Å². The summed E-state index contributed by atoms with van der Waals surface area (Å²) in [6, 6.07) is 4.53. The highest BCUT2D eigenvalue weighted by Crippen LogP contribution is 2.34. The van der Waals surface area contributed by atoms with E-state index < -0.39 is 18.0 Å². The van der Waals surface area contributed by atoms with Gasteiger partial charge in [-0.15, -0.1) is 0 Å². The SMILES string of the molecule is CC1Oc2c(cccc2C(=O)N[C@@H]2CCC[C@@H]2C(=O)O)NC1=O. The Labute approximate surface area is 133 Å². The molecule has 1 unspecified atom stereocenters. The first-order valence-corrected chi connectivity index (χ1v) is 7.61. The molecule has 1 fully saturated rings. The van der Waals surface area contributed by atoms with Gasteiger partial charge in [0.2, 0.25) is 0 Å². The zero-order chi connectivity index (χ0) is 16.6. The Bertz CT molecular complexity index is 672. The third-order valence-electron chi connectivity index (χ3n) is 4.33. The largest absolute Gasteiger partial charge is 0.481 e. The van der Waals surface area contributed by atoms with Crippen LogP contribution in [0.25, 0.3) is 0 Å². The number of anilines is 1. The smallest absolute Gasteiger partial charge is 0.308 e. The van der Waals surface area contributed by atoms with E-state index in [1.165, 1.54) is 0 Å². The molecule has 3 N–H and O–H groups in total. The fraction of sp³-hybridized carbons (Fsp3) is 0.438. The molecule has 0 radical (unpaired) electrons. The van der Waals surface area contributed by atoms with Crippen molar-refractivity contribution in [3.8, 4) is 5.75 Å². The first kappa shape index (κ1) is 15.3. The molecule has 7 heteroatoms. The van der Waals surface area contributed by atoms with Gasteiger partial charge in [-0.3, -0.25) is 14.4 Å². The van der Waals surface area contributed by atoms with Crippen molar-refractivity contribution in [3.05, 3.63) is 23.8 Å². The number of hydrogen-bond acceptors (Lipinski definition) is 4. The summed E-state index contributed by atoms with van der Waals surface area (Å²) in [5.74, 6) is -1.78. The second kappa shape index (κ2) is 5.91. The van der Waals surface area contributed by atoms with Crippen molar-refractivity contribution in [1.82, 2.24) is 5.32 Å². The van der Waals surface area contributed by atoms with E-state index in [2.05, 4.69) is 10.6 Å². The maximum atomic E-state index is 12.5. The minimum atomic E-state index is -0.889. The first-order chi connectivity index (χ1) is 11.0. The molecule has 3 atom stereocenters. The fourth-order valence-corrected chi connectivity index (χ4v) is 3.08. The number of hydrogen-bond donors (Lipinski definition) is 3. The van der Waals surface area contributed by atoms with Gasteiger partial charge in [-0.05, 0) is 31.9 Å². The molecule has 0 aromatic heterocycles. The lowest BCUT2D eigenvalue weighted by Crippen LogP contribution is -2.41. The van der Waals surface area contributed by atoms with Gasteiger partial charge in [0.05, 0.1) is 17.2 Å². The Balaban J connectivity index is 1.82. The summed E-state index contributed by atoms with van der Waals surface area (Å²) in [5.41, 5.74) is 0.743. The van der Waals surface area contributed by atoms with E-state index in [4.69, 9.17) is 4.74 Å². The number of aliphatic carboxylic acids is 1. The van der Waals surface area contributed by atoms with E-state index in [0.717, 1.165) is 6.42 Å². The van der Waals surface area contributed by atoms with Crippen LogP contribution in [0.3, 0.4) is 0 Å². The summed E-state index contributed by atoms with van der Waals surface area (Å²) < 4.78 is 5.55. The monoisotopic (exact) mass is 318 g/mol. The van der Waals surface area contributed by atoms with Crippen LogP contribution in [0.15, 0.2) is 18.2 Å². The summed E-state index contributed by atoms with van der Waals surface area (Å²) in [5, 5.41) is 14.7. The molecule has 0 spiro atoms. The Hall–Kier alpha value is -2.57. The molecule has 1 heterocycles. The number of para-hydroxylation sites is 1. The number of carbonyl (C=O) groups is 3. The molecule has 0 bridgehead atoms. The number of amides is 2. The predicted octanol–water partition coefficient (Wildman–Crippen LogP) is 1.39. The molecule has 1 aliphatic heterocycles. The van der Waals surface area contributed by atoms with Crippen LogP contribution in [-0.4, -0.2) is 35.0 Å². The summed E-state index contributed by atoms with van der Waals surface area (Å²) in [4.78, 5) is 35.4. The van der Waals surface area contributed by atoms with Gasteiger partial charge in [-0.2, -0.15) is 0 Å². The van der Waals surface area contributed by atoms with Crippen molar-refractivity contribution in [2.24, 2.45) is 5.92 Å². The van der Waals surface area contributed by atoms with Crippen molar-refractivity contribution < 1.29 is 24.2 Å². The van der Waals surface area contributed by atoms with E-state index in [1.54, 1.807) is 25.1 Å². The fourth-order valence-electron chi connectivity index (χ4n) is 3.08. The maximum Gasteiger partial charge on any atom is 0.308 e. The summed E-state index contributed by atoms with van der Waals surface area (Å²) in [7, 11) is 0. The van der Waals surface area contributed by atoms with E-state index in [9.17, 15) is 19.5 Å². The number of benzene rings is 1. The van der Waals surface area contributed by atoms with Gasteiger partial charge >= 0.3 is 5.97 Å². The van der Waals surface area contributed by atoms with Gasteiger partial charge < -0.3 is 20.5 Å². The number of rotatable bonds is 3. The maximum absolute atomic E-state index is 12.5. The topological polar surface area (TPSA) is 105 Å². The third kappa shape index (κ3) is 2.86. The highest BCUT2D eigenvalue weighted by Gasteiger charge is 2.35. The number of carbonyl (C=O) groups excluding carboxylic acids is 2. The van der Waals surface area contributed by atoms with Crippen LogP contribution < -0.4 is 15.4 Å². The van der Waals surface area contributed by atoms with Crippen LogP contribution in [0.1, 0.15) is 36.5 Å². The van der Waals surface area contributed by atoms with Crippen LogP contribution >= 0.6 is 0 Å². The Morgan fingerprint density at radius 1 is 1.35 bits per heavy atom.